The number of anilines is 1. The molecule has 0 bridgehead atoms. The summed E-state index contributed by atoms with van der Waals surface area (Å²) in [7, 11) is 3.33. The molecule has 0 aromatic carbocycles. The third-order valence-corrected chi connectivity index (χ3v) is 2.71. The van der Waals surface area contributed by atoms with Crippen molar-refractivity contribution in [2.45, 2.75) is 25.7 Å². The minimum absolute atomic E-state index is 0.206. The van der Waals surface area contributed by atoms with E-state index in [9.17, 15) is 0 Å². The maximum Gasteiger partial charge on any atom is 0.203 e. The summed E-state index contributed by atoms with van der Waals surface area (Å²) in [6.45, 7) is 2.89. The monoisotopic (exact) mass is 211 g/mol. The van der Waals surface area contributed by atoms with E-state index >= 15 is 0 Å². The molecule has 1 unspecified atom stereocenters. The van der Waals surface area contributed by atoms with Crippen LogP contribution in [0.25, 0.3) is 0 Å². The van der Waals surface area contributed by atoms with Crippen LogP contribution in [0.4, 0.5) is 5.95 Å². The molecule has 0 saturated carbocycles. The van der Waals surface area contributed by atoms with Crippen LogP contribution >= 0.6 is 0 Å². The number of aryl methyl sites for hydroxylation is 1. The Morgan fingerprint density at radius 1 is 1.53 bits per heavy atom. The molecule has 15 heavy (non-hydrogen) atoms. The zero-order valence-electron chi connectivity index (χ0n) is 9.36. The van der Waals surface area contributed by atoms with E-state index in [2.05, 4.69) is 14.9 Å². The first kappa shape index (κ1) is 10.4. The van der Waals surface area contributed by atoms with E-state index in [0.717, 1.165) is 24.6 Å². The van der Waals surface area contributed by atoms with Crippen molar-refractivity contribution in [3.05, 3.63) is 11.9 Å². The van der Waals surface area contributed by atoms with Crippen LogP contribution in [0, 0.1) is 6.92 Å². The Hall–Kier alpha value is -1.07. The molecule has 2 rings (SSSR count). The van der Waals surface area contributed by atoms with Crippen molar-refractivity contribution >= 4 is 5.95 Å². The smallest absolute Gasteiger partial charge is 0.203 e. The second-order valence-electron chi connectivity index (χ2n) is 3.74. The Morgan fingerprint density at radius 3 is 2.93 bits per heavy atom. The molecule has 0 fully saturated rings. The lowest BCUT2D eigenvalue weighted by Gasteiger charge is -2.30. The predicted molar refractivity (Wildman–Crippen MR) is 56.9 cm³/mol. The van der Waals surface area contributed by atoms with Crippen molar-refractivity contribution in [1.82, 2.24) is 9.55 Å². The number of fused-ring (bicyclic) bond motifs is 1. The van der Waals surface area contributed by atoms with Crippen molar-refractivity contribution in [1.29, 1.82) is 0 Å². The van der Waals surface area contributed by atoms with Crippen LogP contribution in [0.1, 0.15) is 18.2 Å². The van der Waals surface area contributed by atoms with Crippen LogP contribution in [-0.2, 0) is 9.47 Å². The highest BCUT2D eigenvalue weighted by atomic mass is 16.7. The zero-order valence-corrected chi connectivity index (χ0v) is 9.36. The van der Waals surface area contributed by atoms with Gasteiger partial charge in [-0.3, -0.25) is 0 Å². The predicted octanol–water partition coefficient (Wildman–Crippen LogP) is 1.17. The number of hydrogen-bond donors (Lipinski definition) is 1. The van der Waals surface area contributed by atoms with Gasteiger partial charge in [-0.2, -0.15) is 0 Å². The molecular formula is C10H17N3O2. The minimum atomic E-state index is -0.209. The molecule has 5 nitrogen and oxygen atoms in total. The molecule has 0 saturated heterocycles. The topological polar surface area (TPSA) is 48.3 Å². The Bertz CT molecular complexity index is 333. The number of imidazole rings is 1. The maximum absolute atomic E-state index is 5.31. The van der Waals surface area contributed by atoms with Gasteiger partial charge in [-0.1, -0.05) is 0 Å². The first-order valence-corrected chi connectivity index (χ1v) is 5.11. The third-order valence-electron chi connectivity index (χ3n) is 2.71. The van der Waals surface area contributed by atoms with Gasteiger partial charge in [-0.15, -0.1) is 0 Å². The Balaban J connectivity index is 2.28. The van der Waals surface area contributed by atoms with Gasteiger partial charge in [0.1, 0.15) is 0 Å². The summed E-state index contributed by atoms with van der Waals surface area (Å²) in [5.41, 5.74) is 1.01. The first-order chi connectivity index (χ1) is 7.26. The Kier molecular flexibility index (Phi) is 2.93. The average molecular weight is 211 g/mol. The van der Waals surface area contributed by atoms with Gasteiger partial charge in [0.15, 0.2) is 6.29 Å². The fourth-order valence-electron chi connectivity index (χ4n) is 2.05. The molecule has 0 amide bonds. The molecule has 5 heteroatoms. The largest absolute Gasteiger partial charge is 0.356 e. The quantitative estimate of drug-likeness (QED) is 0.762. The molecule has 1 aliphatic rings. The zero-order chi connectivity index (χ0) is 10.8. The summed E-state index contributed by atoms with van der Waals surface area (Å²) in [5, 5.41) is 3.26. The maximum atomic E-state index is 5.31. The average Bonchev–Trinajstić information content (AvgIpc) is 2.61. The highest BCUT2D eigenvalue weighted by Gasteiger charge is 2.28. The lowest BCUT2D eigenvalue weighted by atomic mass is 10.1. The Labute approximate surface area is 89.4 Å². The van der Waals surface area contributed by atoms with E-state index in [1.165, 1.54) is 0 Å². The van der Waals surface area contributed by atoms with Crippen molar-refractivity contribution in [3.8, 4) is 0 Å². The van der Waals surface area contributed by atoms with Crippen molar-refractivity contribution in [2.75, 3.05) is 26.1 Å². The third kappa shape index (κ3) is 1.85. The van der Waals surface area contributed by atoms with E-state index in [4.69, 9.17) is 9.47 Å². The molecule has 0 aliphatic carbocycles. The number of aromatic nitrogens is 2. The number of nitrogens with zero attached hydrogens (tertiary/aromatic N) is 2. The van der Waals surface area contributed by atoms with Gasteiger partial charge in [-0.25, -0.2) is 4.98 Å². The number of hydrogen-bond acceptors (Lipinski definition) is 4. The lowest BCUT2D eigenvalue weighted by Crippen LogP contribution is -2.33. The van der Waals surface area contributed by atoms with Gasteiger partial charge in [-0.05, 0) is 13.3 Å². The van der Waals surface area contributed by atoms with Crippen molar-refractivity contribution < 1.29 is 9.47 Å². The molecule has 0 radical (unpaired) electrons. The van der Waals surface area contributed by atoms with Crippen LogP contribution in [0.3, 0.4) is 0 Å². The normalized spacial score (nSPS) is 20.1. The van der Waals surface area contributed by atoms with Gasteiger partial charge in [0.2, 0.25) is 5.95 Å². The van der Waals surface area contributed by atoms with Gasteiger partial charge < -0.3 is 19.4 Å². The molecule has 1 aromatic rings. The SMILES string of the molecule is COC(OC)C1CCNc2nc(C)cn21. The van der Waals surface area contributed by atoms with Crippen LogP contribution in [0.15, 0.2) is 6.20 Å². The summed E-state index contributed by atoms with van der Waals surface area (Å²) in [6, 6.07) is 0.206. The molecule has 1 atom stereocenters. The number of nitrogens with one attached hydrogen (secondary N) is 1. The number of methoxy groups -OCH3 is 2. The molecule has 1 aromatic heterocycles. The highest BCUT2D eigenvalue weighted by Crippen LogP contribution is 2.27. The summed E-state index contributed by atoms with van der Waals surface area (Å²) in [5.74, 6) is 0.905. The van der Waals surface area contributed by atoms with Gasteiger partial charge in [0.25, 0.3) is 0 Å². The van der Waals surface area contributed by atoms with E-state index in [1.807, 2.05) is 13.1 Å². The van der Waals surface area contributed by atoms with Crippen LogP contribution < -0.4 is 5.32 Å². The minimum Gasteiger partial charge on any atom is -0.356 e. The van der Waals surface area contributed by atoms with Crippen LogP contribution in [0.5, 0.6) is 0 Å². The molecular weight excluding hydrogens is 194 g/mol. The highest BCUT2D eigenvalue weighted by molar-refractivity contribution is 5.31. The Morgan fingerprint density at radius 2 is 2.27 bits per heavy atom. The van der Waals surface area contributed by atoms with E-state index in [1.54, 1.807) is 14.2 Å². The van der Waals surface area contributed by atoms with E-state index < -0.39 is 0 Å². The van der Waals surface area contributed by atoms with Gasteiger partial charge >= 0.3 is 0 Å². The number of rotatable bonds is 3. The first-order valence-electron chi connectivity index (χ1n) is 5.11. The van der Waals surface area contributed by atoms with Crippen LogP contribution in [0.2, 0.25) is 0 Å². The van der Waals surface area contributed by atoms with E-state index in [-0.39, 0.29) is 12.3 Å². The summed E-state index contributed by atoms with van der Waals surface area (Å²) in [6.07, 6.45) is 2.80. The fraction of sp³-hybridized carbons (Fsp3) is 0.700. The summed E-state index contributed by atoms with van der Waals surface area (Å²) >= 11 is 0. The van der Waals surface area contributed by atoms with Crippen molar-refractivity contribution in [3.63, 3.8) is 0 Å². The summed E-state index contributed by atoms with van der Waals surface area (Å²) < 4.78 is 12.7. The van der Waals surface area contributed by atoms with Crippen molar-refractivity contribution in [2.24, 2.45) is 0 Å². The second-order valence-corrected chi connectivity index (χ2v) is 3.74. The summed E-state index contributed by atoms with van der Waals surface area (Å²) in [4.78, 5) is 4.39. The molecule has 1 N–H and O–H groups in total. The number of ether oxygens (including phenoxy) is 2. The molecule has 84 valence electrons. The molecule has 2 heterocycles. The molecule has 0 spiro atoms. The lowest BCUT2D eigenvalue weighted by molar-refractivity contribution is -0.133. The molecule has 1 aliphatic heterocycles. The second kappa shape index (κ2) is 4.20. The van der Waals surface area contributed by atoms with E-state index in [0.29, 0.717) is 0 Å². The fourth-order valence-corrected chi connectivity index (χ4v) is 2.05. The standard InChI is InChI=1S/C10H17N3O2/c1-7-6-13-8(9(14-2)15-3)4-5-11-10(13)12-7/h6,8-9H,4-5H2,1-3H3,(H,11,12). The van der Waals surface area contributed by atoms with Crippen LogP contribution in [-0.4, -0.2) is 36.6 Å². The van der Waals surface area contributed by atoms with Gasteiger partial charge in [0, 0.05) is 27.0 Å². The van der Waals surface area contributed by atoms with Gasteiger partial charge in [0.05, 0.1) is 11.7 Å².